The molecule has 0 aromatic heterocycles. The number of halogens is 1. The van der Waals surface area contributed by atoms with E-state index in [0.29, 0.717) is 5.57 Å². The summed E-state index contributed by atoms with van der Waals surface area (Å²) in [6, 6.07) is 0. The molecule has 0 radical (unpaired) electrons. The zero-order chi connectivity index (χ0) is 5.86. The van der Waals surface area contributed by atoms with Crippen LogP contribution in [0.1, 0.15) is 6.92 Å². The van der Waals surface area contributed by atoms with E-state index in [1.54, 1.807) is 6.92 Å². The van der Waals surface area contributed by atoms with Crippen LogP contribution in [0.3, 0.4) is 0 Å². The lowest BCUT2D eigenvalue weighted by atomic mass is 10.2. The first-order valence-electron chi connectivity index (χ1n) is 2.10. The van der Waals surface area contributed by atoms with E-state index in [2.05, 4.69) is 13.2 Å². The lowest BCUT2D eigenvalue weighted by Gasteiger charge is -1.95. The summed E-state index contributed by atoms with van der Waals surface area (Å²) in [5, 5.41) is 0. The van der Waals surface area contributed by atoms with Crippen LogP contribution in [0.2, 0.25) is 0 Å². The second kappa shape index (κ2) is 2.56. The zero-order valence-corrected chi connectivity index (χ0v) is 4.45. The first-order valence-corrected chi connectivity index (χ1v) is 2.10. The number of alkyl halides is 1. The highest BCUT2D eigenvalue weighted by molar-refractivity contribution is 5.05. The number of hydrogen-bond donors (Lipinski definition) is 0. The Hall–Kier alpha value is -0.590. The van der Waals surface area contributed by atoms with Gasteiger partial charge in [0.1, 0.15) is 6.17 Å². The molecule has 0 aliphatic rings. The van der Waals surface area contributed by atoms with E-state index in [0.717, 1.165) is 0 Å². The lowest BCUT2D eigenvalue weighted by molar-refractivity contribution is 0.451. The third-order valence-electron chi connectivity index (χ3n) is 0.678. The average molecular weight is 100 g/mol. The Labute approximate surface area is 43.4 Å². The van der Waals surface area contributed by atoms with E-state index in [-0.39, 0.29) is 0 Å². The molecule has 0 aromatic rings. The van der Waals surface area contributed by atoms with Crippen molar-refractivity contribution < 1.29 is 4.39 Å². The standard InChI is InChI=1S/C6H9F/c1-4-6(7)5(2)3/h4,6H,1-2H2,3H3. The Morgan fingerprint density at radius 1 is 1.86 bits per heavy atom. The summed E-state index contributed by atoms with van der Waals surface area (Å²) in [5.41, 5.74) is 0.509. The minimum absolute atomic E-state index is 0.509. The maximum absolute atomic E-state index is 12.0. The van der Waals surface area contributed by atoms with Crippen LogP contribution < -0.4 is 0 Å². The Bertz CT molecular complexity index is 84.2. The predicted molar refractivity (Wildman–Crippen MR) is 29.9 cm³/mol. The second-order valence-corrected chi connectivity index (χ2v) is 1.48. The molecule has 0 aliphatic carbocycles. The largest absolute Gasteiger partial charge is 0.238 e. The van der Waals surface area contributed by atoms with Crippen molar-refractivity contribution in [3.63, 3.8) is 0 Å². The van der Waals surface area contributed by atoms with Crippen LogP contribution in [-0.2, 0) is 0 Å². The maximum atomic E-state index is 12.0. The highest BCUT2D eigenvalue weighted by Gasteiger charge is 1.96. The predicted octanol–water partition coefficient (Wildman–Crippen LogP) is 2.09. The smallest absolute Gasteiger partial charge is 0.139 e. The minimum Gasteiger partial charge on any atom is -0.238 e. The van der Waals surface area contributed by atoms with Crippen LogP contribution >= 0.6 is 0 Å². The SMILES string of the molecule is C=CC(F)C(=C)C. The monoisotopic (exact) mass is 100 g/mol. The van der Waals surface area contributed by atoms with Gasteiger partial charge in [-0.2, -0.15) is 0 Å². The molecule has 0 heterocycles. The van der Waals surface area contributed by atoms with Gasteiger partial charge in [0.2, 0.25) is 0 Å². The summed E-state index contributed by atoms with van der Waals surface area (Å²) in [5.74, 6) is 0. The molecule has 0 saturated carbocycles. The van der Waals surface area contributed by atoms with Crippen molar-refractivity contribution >= 4 is 0 Å². The van der Waals surface area contributed by atoms with Gasteiger partial charge in [0, 0.05) is 0 Å². The third-order valence-corrected chi connectivity index (χ3v) is 0.678. The third kappa shape index (κ3) is 2.15. The Morgan fingerprint density at radius 2 is 2.29 bits per heavy atom. The molecule has 0 spiro atoms. The van der Waals surface area contributed by atoms with Crippen molar-refractivity contribution in [2.24, 2.45) is 0 Å². The Balaban J connectivity index is 3.55. The van der Waals surface area contributed by atoms with Crippen LogP contribution in [0.15, 0.2) is 24.8 Å². The van der Waals surface area contributed by atoms with Gasteiger partial charge in [-0.15, -0.1) is 0 Å². The van der Waals surface area contributed by atoms with Gasteiger partial charge in [-0.25, -0.2) is 4.39 Å². The van der Waals surface area contributed by atoms with Crippen LogP contribution in [0, 0.1) is 0 Å². The van der Waals surface area contributed by atoms with Crippen molar-refractivity contribution in [3.8, 4) is 0 Å². The normalized spacial score (nSPS) is 12.9. The fraction of sp³-hybridized carbons (Fsp3) is 0.333. The van der Waals surface area contributed by atoms with E-state index in [4.69, 9.17) is 0 Å². The molecule has 40 valence electrons. The molecule has 0 amide bonds. The van der Waals surface area contributed by atoms with Crippen LogP contribution in [0.4, 0.5) is 4.39 Å². The topological polar surface area (TPSA) is 0 Å². The second-order valence-electron chi connectivity index (χ2n) is 1.48. The number of allylic oxidation sites excluding steroid dienone is 2. The zero-order valence-electron chi connectivity index (χ0n) is 4.45. The molecule has 0 aliphatic heterocycles. The fourth-order valence-electron chi connectivity index (χ4n) is 0.201. The molecule has 0 bridgehead atoms. The van der Waals surface area contributed by atoms with Gasteiger partial charge in [0.15, 0.2) is 0 Å². The highest BCUT2D eigenvalue weighted by atomic mass is 19.1. The summed E-state index contributed by atoms with van der Waals surface area (Å²) < 4.78 is 12.0. The van der Waals surface area contributed by atoms with Gasteiger partial charge in [-0.05, 0) is 12.5 Å². The minimum atomic E-state index is -1.03. The molecule has 7 heavy (non-hydrogen) atoms. The number of hydrogen-bond acceptors (Lipinski definition) is 0. The van der Waals surface area contributed by atoms with Crippen molar-refractivity contribution in [3.05, 3.63) is 24.8 Å². The van der Waals surface area contributed by atoms with E-state index in [1.165, 1.54) is 6.08 Å². The van der Waals surface area contributed by atoms with Crippen molar-refractivity contribution in [1.29, 1.82) is 0 Å². The van der Waals surface area contributed by atoms with E-state index < -0.39 is 6.17 Å². The van der Waals surface area contributed by atoms with Gasteiger partial charge in [0.25, 0.3) is 0 Å². The highest BCUT2D eigenvalue weighted by Crippen LogP contribution is 2.01. The molecule has 0 nitrogen and oxygen atoms in total. The molecule has 0 aromatic carbocycles. The summed E-state index contributed by atoms with van der Waals surface area (Å²) in [4.78, 5) is 0. The van der Waals surface area contributed by atoms with Crippen LogP contribution in [0.5, 0.6) is 0 Å². The molecule has 0 saturated heterocycles. The molecular weight excluding hydrogens is 91.1 g/mol. The summed E-state index contributed by atoms with van der Waals surface area (Å²) in [6.45, 7) is 8.26. The maximum Gasteiger partial charge on any atom is 0.139 e. The van der Waals surface area contributed by atoms with E-state index in [9.17, 15) is 4.39 Å². The van der Waals surface area contributed by atoms with Gasteiger partial charge in [-0.1, -0.05) is 19.2 Å². The van der Waals surface area contributed by atoms with Crippen LogP contribution in [0.25, 0.3) is 0 Å². The van der Waals surface area contributed by atoms with Gasteiger partial charge >= 0.3 is 0 Å². The van der Waals surface area contributed by atoms with E-state index in [1.807, 2.05) is 0 Å². The quantitative estimate of drug-likeness (QED) is 0.466. The molecule has 1 heteroatoms. The summed E-state index contributed by atoms with van der Waals surface area (Å²) in [6.07, 6.45) is 0.197. The van der Waals surface area contributed by atoms with Crippen molar-refractivity contribution in [2.75, 3.05) is 0 Å². The first-order chi connectivity index (χ1) is 3.18. The first kappa shape index (κ1) is 6.41. The lowest BCUT2D eigenvalue weighted by Crippen LogP contribution is -1.92. The van der Waals surface area contributed by atoms with E-state index >= 15 is 0 Å². The van der Waals surface area contributed by atoms with Crippen molar-refractivity contribution in [2.45, 2.75) is 13.1 Å². The van der Waals surface area contributed by atoms with Gasteiger partial charge < -0.3 is 0 Å². The molecular formula is C6H9F. The Morgan fingerprint density at radius 3 is 2.29 bits per heavy atom. The molecule has 0 fully saturated rings. The summed E-state index contributed by atoms with van der Waals surface area (Å²) >= 11 is 0. The van der Waals surface area contributed by atoms with Gasteiger partial charge in [-0.3, -0.25) is 0 Å². The van der Waals surface area contributed by atoms with Crippen LogP contribution in [-0.4, -0.2) is 6.17 Å². The molecule has 0 N–H and O–H groups in total. The fourth-order valence-corrected chi connectivity index (χ4v) is 0.201. The molecule has 1 atom stereocenters. The Kier molecular flexibility index (Phi) is 2.34. The van der Waals surface area contributed by atoms with Crippen molar-refractivity contribution in [1.82, 2.24) is 0 Å². The molecule has 1 unspecified atom stereocenters. The summed E-state index contributed by atoms with van der Waals surface area (Å²) in [7, 11) is 0. The van der Waals surface area contributed by atoms with Gasteiger partial charge in [0.05, 0.1) is 0 Å². The molecule has 0 rings (SSSR count). The number of rotatable bonds is 2. The average Bonchev–Trinajstić information content (AvgIpc) is 1.65.